The van der Waals surface area contributed by atoms with Crippen LogP contribution in [0.3, 0.4) is 0 Å². The molecule has 0 saturated heterocycles. The lowest BCUT2D eigenvalue weighted by Gasteiger charge is -2.00. The van der Waals surface area contributed by atoms with Crippen molar-refractivity contribution in [3.05, 3.63) is 40.9 Å². The van der Waals surface area contributed by atoms with Gasteiger partial charge >= 0.3 is 0 Å². The Balaban J connectivity index is 2.74. The van der Waals surface area contributed by atoms with E-state index in [1.54, 1.807) is 6.08 Å². The van der Waals surface area contributed by atoms with Crippen molar-refractivity contribution >= 4 is 17.7 Å². The van der Waals surface area contributed by atoms with Crippen LogP contribution in [0, 0.1) is 0 Å². The van der Waals surface area contributed by atoms with E-state index >= 15 is 0 Å². The molecule has 0 aliphatic carbocycles. The van der Waals surface area contributed by atoms with Gasteiger partial charge in [0.1, 0.15) is 0 Å². The van der Waals surface area contributed by atoms with Crippen molar-refractivity contribution in [2.75, 3.05) is 6.61 Å². The quantitative estimate of drug-likeness (QED) is 0.775. The molecular formula is C10H12ClNO. The number of halogens is 1. The molecule has 3 N–H and O–H groups in total. The number of aliphatic hydroxyl groups is 1. The van der Waals surface area contributed by atoms with Gasteiger partial charge in [0.15, 0.2) is 0 Å². The van der Waals surface area contributed by atoms with E-state index in [4.69, 9.17) is 22.4 Å². The first-order valence-electron chi connectivity index (χ1n) is 4.03. The van der Waals surface area contributed by atoms with Crippen LogP contribution in [0.1, 0.15) is 5.56 Å². The van der Waals surface area contributed by atoms with Gasteiger partial charge in [0, 0.05) is 11.1 Å². The van der Waals surface area contributed by atoms with Gasteiger partial charge in [0.25, 0.3) is 0 Å². The van der Waals surface area contributed by atoms with Crippen LogP contribution < -0.4 is 5.73 Å². The van der Waals surface area contributed by atoms with Gasteiger partial charge in [-0.15, -0.1) is 0 Å². The normalized spacial score (nSPS) is 13.5. The summed E-state index contributed by atoms with van der Waals surface area (Å²) < 4.78 is 0. The van der Waals surface area contributed by atoms with E-state index in [1.165, 1.54) is 0 Å². The second kappa shape index (κ2) is 5.02. The Bertz CT molecular complexity index is 299. The topological polar surface area (TPSA) is 46.2 Å². The summed E-state index contributed by atoms with van der Waals surface area (Å²) in [5.74, 6) is 0. The molecule has 1 aromatic rings. The van der Waals surface area contributed by atoms with Crippen LogP contribution in [0.25, 0.3) is 6.08 Å². The van der Waals surface area contributed by atoms with Gasteiger partial charge in [0.05, 0.1) is 6.61 Å². The molecule has 0 amide bonds. The second-order valence-electron chi connectivity index (χ2n) is 2.73. The van der Waals surface area contributed by atoms with Crippen LogP contribution in [-0.4, -0.2) is 17.8 Å². The summed E-state index contributed by atoms with van der Waals surface area (Å²) in [5, 5.41) is 9.36. The molecule has 70 valence electrons. The van der Waals surface area contributed by atoms with Crippen LogP contribution in [-0.2, 0) is 0 Å². The third kappa shape index (κ3) is 3.19. The lowest BCUT2D eigenvalue weighted by atomic mass is 10.2. The number of hydrogen-bond acceptors (Lipinski definition) is 2. The molecular weight excluding hydrogens is 186 g/mol. The smallest absolute Gasteiger partial charge is 0.0618 e. The summed E-state index contributed by atoms with van der Waals surface area (Å²) in [6.45, 7) is -0.0546. The molecule has 0 radical (unpaired) electrons. The molecule has 0 heterocycles. The Morgan fingerprint density at radius 3 is 2.77 bits per heavy atom. The molecule has 1 atom stereocenters. The predicted octanol–water partition coefficient (Wildman–Crippen LogP) is 1.67. The Hall–Kier alpha value is -0.830. The van der Waals surface area contributed by atoms with Crippen molar-refractivity contribution in [3.63, 3.8) is 0 Å². The third-order valence-electron chi connectivity index (χ3n) is 1.64. The number of nitrogens with two attached hydrogens (primary N) is 1. The summed E-state index contributed by atoms with van der Waals surface area (Å²) in [6, 6.07) is 7.15. The van der Waals surface area contributed by atoms with Gasteiger partial charge in [-0.2, -0.15) is 0 Å². The fourth-order valence-corrected chi connectivity index (χ4v) is 1.10. The highest BCUT2D eigenvalue weighted by atomic mass is 35.5. The lowest BCUT2D eigenvalue weighted by molar-refractivity contribution is 0.284. The summed E-state index contributed by atoms with van der Waals surface area (Å²) in [6.07, 6.45) is 3.53. The first kappa shape index (κ1) is 10.3. The van der Waals surface area contributed by atoms with Gasteiger partial charge in [-0.25, -0.2) is 0 Å². The molecule has 0 aliphatic rings. The number of aliphatic hydroxyl groups excluding tert-OH is 1. The Morgan fingerprint density at radius 1 is 1.46 bits per heavy atom. The molecule has 0 bridgehead atoms. The Kier molecular flexibility index (Phi) is 3.96. The maximum atomic E-state index is 8.67. The van der Waals surface area contributed by atoms with E-state index in [1.807, 2.05) is 30.3 Å². The van der Waals surface area contributed by atoms with Crippen LogP contribution in [0.5, 0.6) is 0 Å². The van der Waals surface area contributed by atoms with Crippen molar-refractivity contribution in [2.45, 2.75) is 6.04 Å². The number of hydrogen-bond donors (Lipinski definition) is 2. The molecule has 0 aliphatic heterocycles. The number of rotatable bonds is 3. The standard InChI is InChI=1S/C10H12ClNO/c11-10-4-2-1-3-8(10)5-6-9(12)7-13/h1-6,9,13H,7,12H2/b6-5+. The molecule has 3 heteroatoms. The van der Waals surface area contributed by atoms with E-state index in [9.17, 15) is 0 Å². The van der Waals surface area contributed by atoms with Crippen LogP contribution in [0.2, 0.25) is 5.02 Å². The average molecular weight is 198 g/mol. The molecule has 0 saturated carbocycles. The van der Waals surface area contributed by atoms with Crippen molar-refractivity contribution < 1.29 is 5.11 Å². The largest absolute Gasteiger partial charge is 0.394 e. The van der Waals surface area contributed by atoms with Crippen molar-refractivity contribution in [1.82, 2.24) is 0 Å². The van der Waals surface area contributed by atoms with Crippen molar-refractivity contribution in [2.24, 2.45) is 5.73 Å². The molecule has 13 heavy (non-hydrogen) atoms. The van der Waals surface area contributed by atoms with E-state index < -0.39 is 0 Å². The lowest BCUT2D eigenvalue weighted by Crippen LogP contribution is -2.20. The fraction of sp³-hybridized carbons (Fsp3) is 0.200. The third-order valence-corrected chi connectivity index (χ3v) is 1.98. The highest BCUT2D eigenvalue weighted by Gasteiger charge is 1.95. The molecule has 0 fully saturated rings. The first-order chi connectivity index (χ1) is 6.24. The van der Waals surface area contributed by atoms with Gasteiger partial charge in [-0.1, -0.05) is 42.0 Å². The van der Waals surface area contributed by atoms with Gasteiger partial charge < -0.3 is 10.8 Å². The summed E-state index contributed by atoms with van der Waals surface area (Å²) in [7, 11) is 0. The molecule has 1 unspecified atom stereocenters. The zero-order valence-electron chi connectivity index (χ0n) is 7.15. The Labute approximate surface area is 82.6 Å². The zero-order chi connectivity index (χ0) is 9.68. The van der Waals surface area contributed by atoms with Gasteiger partial charge in [-0.3, -0.25) is 0 Å². The van der Waals surface area contributed by atoms with Crippen LogP contribution in [0.4, 0.5) is 0 Å². The van der Waals surface area contributed by atoms with E-state index in [0.717, 1.165) is 5.56 Å². The zero-order valence-corrected chi connectivity index (χ0v) is 7.91. The van der Waals surface area contributed by atoms with E-state index in [-0.39, 0.29) is 12.6 Å². The van der Waals surface area contributed by atoms with Crippen molar-refractivity contribution in [1.29, 1.82) is 0 Å². The summed E-state index contributed by atoms with van der Waals surface area (Å²) in [5.41, 5.74) is 6.40. The maximum absolute atomic E-state index is 8.67. The minimum atomic E-state index is -0.323. The molecule has 1 aromatic carbocycles. The SMILES string of the molecule is NC(/C=C/c1ccccc1Cl)CO. The highest BCUT2D eigenvalue weighted by Crippen LogP contribution is 2.16. The van der Waals surface area contributed by atoms with Crippen LogP contribution in [0.15, 0.2) is 30.3 Å². The monoisotopic (exact) mass is 197 g/mol. The molecule has 2 nitrogen and oxygen atoms in total. The van der Waals surface area contributed by atoms with Crippen LogP contribution >= 0.6 is 11.6 Å². The van der Waals surface area contributed by atoms with Crippen molar-refractivity contribution in [3.8, 4) is 0 Å². The molecule has 0 aromatic heterocycles. The number of benzene rings is 1. The Morgan fingerprint density at radius 2 is 2.15 bits per heavy atom. The summed E-state index contributed by atoms with van der Waals surface area (Å²) >= 11 is 5.90. The molecule has 1 rings (SSSR count). The highest BCUT2D eigenvalue weighted by molar-refractivity contribution is 6.32. The van der Waals surface area contributed by atoms with Gasteiger partial charge in [0.2, 0.25) is 0 Å². The van der Waals surface area contributed by atoms with E-state index in [2.05, 4.69) is 0 Å². The minimum Gasteiger partial charge on any atom is -0.394 e. The molecule has 0 spiro atoms. The van der Waals surface area contributed by atoms with Gasteiger partial charge in [-0.05, 0) is 11.6 Å². The second-order valence-corrected chi connectivity index (χ2v) is 3.13. The average Bonchev–Trinajstić information content (AvgIpc) is 2.16. The minimum absolute atomic E-state index is 0.0546. The fourth-order valence-electron chi connectivity index (χ4n) is 0.898. The maximum Gasteiger partial charge on any atom is 0.0618 e. The first-order valence-corrected chi connectivity index (χ1v) is 4.41. The summed E-state index contributed by atoms with van der Waals surface area (Å²) in [4.78, 5) is 0. The van der Waals surface area contributed by atoms with E-state index in [0.29, 0.717) is 5.02 Å². The predicted molar refractivity (Wildman–Crippen MR) is 55.5 cm³/mol.